The normalized spacial score (nSPS) is 20.1. The van der Waals surface area contributed by atoms with E-state index in [0.717, 1.165) is 48.4 Å². The second-order valence-corrected chi connectivity index (χ2v) is 8.74. The van der Waals surface area contributed by atoms with Crippen LogP contribution in [-0.4, -0.2) is 34.3 Å². The van der Waals surface area contributed by atoms with Crippen molar-refractivity contribution in [1.82, 2.24) is 14.9 Å². The molecule has 1 fully saturated rings. The van der Waals surface area contributed by atoms with Gasteiger partial charge < -0.3 is 9.47 Å². The molecule has 2 aromatic heterocycles. The lowest BCUT2D eigenvalue weighted by Gasteiger charge is -2.39. The smallest absolute Gasteiger partial charge is 0.406 e. The third-order valence-corrected chi connectivity index (χ3v) is 6.37. The monoisotopic (exact) mass is 475 g/mol. The molecule has 0 radical (unpaired) electrons. The molecule has 1 atom stereocenters. The van der Waals surface area contributed by atoms with E-state index in [0.29, 0.717) is 11.6 Å². The van der Waals surface area contributed by atoms with Crippen LogP contribution in [0.15, 0.2) is 60.9 Å². The van der Waals surface area contributed by atoms with Crippen LogP contribution < -0.4 is 4.74 Å². The molecule has 0 saturated carbocycles. The summed E-state index contributed by atoms with van der Waals surface area (Å²) < 4.78 is 47.7. The summed E-state index contributed by atoms with van der Waals surface area (Å²) in [6.45, 7) is 2.18. The Bertz CT molecular complexity index is 1130. The maximum absolute atomic E-state index is 12.4. The molecule has 1 spiro atoms. The zero-order valence-corrected chi connectivity index (χ0v) is 18.3. The molecule has 5 nitrogen and oxygen atoms in total. The number of pyridine rings is 2. The zero-order valence-electron chi connectivity index (χ0n) is 17.6. The molecule has 1 saturated heterocycles. The lowest BCUT2D eigenvalue weighted by atomic mass is 9.86. The Morgan fingerprint density at radius 3 is 2.52 bits per heavy atom. The van der Waals surface area contributed by atoms with Crippen LogP contribution in [0.2, 0.25) is 5.02 Å². The highest BCUT2D eigenvalue weighted by Crippen LogP contribution is 2.50. The van der Waals surface area contributed by atoms with E-state index in [2.05, 4.69) is 19.6 Å². The van der Waals surface area contributed by atoms with Crippen molar-refractivity contribution < 1.29 is 22.6 Å². The average Bonchev–Trinajstić information content (AvgIpc) is 3.10. The van der Waals surface area contributed by atoms with Gasteiger partial charge in [-0.15, -0.1) is 13.2 Å². The van der Waals surface area contributed by atoms with Gasteiger partial charge in [-0.25, -0.2) is 0 Å². The molecule has 1 aromatic carbocycles. The summed E-state index contributed by atoms with van der Waals surface area (Å²) >= 11 is 6.18. The van der Waals surface area contributed by atoms with Crippen molar-refractivity contribution in [2.24, 2.45) is 0 Å². The molecule has 9 heteroatoms. The zero-order chi connectivity index (χ0) is 23.1. The molecule has 172 valence electrons. The van der Waals surface area contributed by atoms with E-state index in [1.165, 1.54) is 12.1 Å². The second-order valence-electron chi connectivity index (χ2n) is 8.30. The number of aromatic nitrogens is 2. The van der Waals surface area contributed by atoms with Gasteiger partial charge in [-0.1, -0.05) is 29.8 Å². The van der Waals surface area contributed by atoms with Gasteiger partial charge in [0.05, 0.1) is 11.4 Å². The minimum Gasteiger partial charge on any atom is -0.406 e. The maximum Gasteiger partial charge on any atom is 0.573 e. The van der Waals surface area contributed by atoms with Crippen LogP contribution in [0, 0.1) is 0 Å². The summed E-state index contributed by atoms with van der Waals surface area (Å²) in [6.07, 6.45) is -0.0377. The van der Waals surface area contributed by atoms with Crippen LogP contribution in [0.5, 0.6) is 5.75 Å². The molecule has 0 amide bonds. The molecule has 0 aliphatic carbocycles. The highest BCUT2D eigenvalue weighted by molar-refractivity contribution is 6.30. The standard InChI is InChI=1S/C24H21ClF3N3O2/c25-17-7-11-29-20(14-17)21-19-2-1-10-30-22(19)23(33-21)8-12-31(13-9-23)15-16-3-5-18(6-4-16)32-24(26,27)28/h1-7,10-11,14,21H,8-9,12-13,15H2. The van der Waals surface area contributed by atoms with Gasteiger partial charge in [0, 0.05) is 42.6 Å². The predicted molar refractivity (Wildman–Crippen MR) is 116 cm³/mol. The number of piperidine rings is 1. The van der Waals surface area contributed by atoms with Crippen LogP contribution in [-0.2, 0) is 16.9 Å². The van der Waals surface area contributed by atoms with Gasteiger partial charge in [-0.05, 0) is 48.7 Å². The SMILES string of the molecule is FC(F)(F)Oc1ccc(CN2CCC3(CC2)OC(c2cc(Cl)ccn2)c2cccnc23)cc1. The highest BCUT2D eigenvalue weighted by atomic mass is 35.5. The third kappa shape index (κ3) is 4.69. The summed E-state index contributed by atoms with van der Waals surface area (Å²) in [4.78, 5) is 11.4. The Balaban J connectivity index is 1.28. The number of likely N-dealkylation sites (tertiary alicyclic amines) is 1. The van der Waals surface area contributed by atoms with Crippen LogP contribution in [0.4, 0.5) is 13.2 Å². The summed E-state index contributed by atoms with van der Waals surface area (Å²) in [5.74, 6) is -0.216. The third-order valence-electron chi connectivity index (χ3n) is 6.14. The molecule has 5 rings (SSSR count). The first-order valence-corrected chi connectivity index (χ1v) is 11.0. The van der Waals surface area contributed by atoms with E-state index in [4.69, 9.17) is 16.3 Å². The van der Waals surface area contributed by atoms with E-state index in [9.17, 15) is 13.2 Å². The number of hydrogen-bond acceptors (Lipinski definition) is 5. The number of nitrogens with zero attached hydrogens (tertiary/aromatic N) is 3. The van der Waals surface area contributed by atoms with Crippen molar-refractivity contribution in [3.8, 4) is 5.75 Å². The Labute approximate surface area is 194 Å². The Morgan fingerprint density at radius 2 is 1.82 bits per heavy atom. The summed E-state index contributed by atoms with van der Waals surface area (Å²) in [5, 5.41) is 0.608. The minimum atomic E-state index is -4.69. The first kappa shape index (κ1) is 22.1. The number of alkyl halides is 3. The number of rotatable bonds is 4. The van der Waals surface area contributed by atoms with E-state index < -0.39 is 12.0 Å². The number of hydrogen-bond donors (Lipinski definition) is 0. The van der Waals surface area contributed by atoms with Crippen LogP contribution in [0.3, 0.4) is 0 Å². The van der Waals surface area contributed by atoms with Crippen LogP contribution >= 0.6 is 11.6 Å². The van der Waals surface area contributed by atoms with Gasteiger partial charge in [-0.3, -0.25) is 14.9 Å². The predicted octanol–water partition coefficient (Wildman–Crippen LogP) is 5.64. The lowest BCUT2D eigenvalue weighted by Crippen LogP contribution is -2.42. The van der Waals surface area contributed by atoms with Gasteiger partial charge >= 0.3 is 6.36 Å². The number of benzene rings is 1. The van der Waals surface area contributed by atoms with Crippen molar-refractivity contribution in [3.05, 3.63) is 88.5 Å². The Kier molecular flexibility index (Phi) is 5.76. The Hall–Kier alpha value is -2.68. The van der Waals surface area contributed by atoms with Gasteiger partial charge in [0.25, 0.3) is 0 Å². The first-order valence-electron chi connectivity index (χ1n) is 10.6. The van der Waals surface area contributed by atoms with Crippen molar-refractivity contribution in [3.63, 3.8) is 0 Å². The maximum atomic E-state index is 12.4. The van der Waals surface area contributed by atoms with Gasteiger partial charge in [0.1, 0.15) is 17.5 Å². The van der Waals surface area contributed by atoms with E-state index in [1.54, 1.807) is 30.6 Å². The first-order chi connectivity index (χ1) is 15.8. The quantitative estimate of drug-likeness (QED) is 0.488. The van der Waals surface area contributed by atoms with E-state index in [-0.39, 0.29) is 11.9 Å². The lowest BCUT2D eigenvalue weighted by molar-refractivity contribution is -0.274. The van der Waals surface area contributed by atoms with Gasteiger partial charge in [0.15, 0.2) is 0 Å². The topological polar surface area (TPSA) is 47.5 Å². The molecule has 2 aliphatic heterocycles. The number of halogens is 4. The molecular formula is C24H21ClF3N3O2. The summed E-state index contributed by atoms with van der Waals surface area (Å²) in [5.41, 5.74) is 3.15. The van der Waals surface area contributed by atoms with Crippen molar-refractivity contribution in [2.45, 2.75) is 37.5 Å². The van der Waals surface area contributed by atoms with Crippen molar-refractivity contribution >= 4 is 11.6 Å². The molecule has 0 bridgehead atoms. The molecular weight excluding hydrogens is 455 g/mol. The van der Waals surface area contributed by atoms with Crippen molar-refractivity contribution in [1.29, 1.82) is 0 Å². The number of ether oxygens (including phenoxy) is 2. The van der Waals surface area contributed by atoms with Crippen molar-refractivity contribution in [2.75, 3.05) is 13.1 Å². The molecule has 2 aliphatic rings. The van der Waals surface area contributed by atoms with Crippen LogP contribution in [0.1, 0.15) is 41.5 Å². The minimum absolute atomic E-state index is 0.216. The highest BCUT2D eigenvalue weighted by Gasteiger charge is 2.48. The average molecular weight is 476 g/mol. The largest absolute Gasteiger partial charge is 0.573 e. The van der Waals surface area contributed by atoms with Crippen LogP contribution in [0.25, 0.3) is 0 Å². The fourth-order valence-corrected chi connectivity index (χ4v) is 4.79. The van der Waals surface area contributed by atoms with E-state index in [1.807, 2.05) is 18.2 Å². The second kappa shape index (κ2) is 8.59. The molecule has 33 heavy (non-hydrogen) atoms. The van der Waals surface area contributed by atoms with E-state index >= 15 is 0 Å². The fraction of sp³-hybridized carbons (Fsp3) is 0.333. The molecule has 4 heterocycles. The Morgan fingerprint density at radius 1 is 1.06 bits per heavy atom. The fourth-order valence-electron chi connectivity index (χ4n) is 4.62. The van der Waals surface area contributed by atoms with Gasteiger partial charge in [-0.2, -0.15) is 0 Å². The summed E-state index contributed by atoms with van der Waals surface area (Å²) in [7, 11) is 0. The van der Waals surface area contributed by atoms with Gasteiger partial charge in [0.2, 0.25) is 0 Å². The number of fused-ring (bicyclic) bond motifs is 2. The summed E-state index contributed by atoms with van der Waals surface area (Å²) in [6, 6.07) is 13.5. The molecule has 1 unspecified atom stereocenters. The molecule has 3 aromatic rings. The molecule has 0 N–H and O–H groups in total.